The second-order valence-electron chi connectivity index (χ2n) is 15.3. The van der Waals surface area contributed by atoms with Crippen LogP contribution in [0.15, 0.2) is 36.4 Å². The van der Waals surface area contributed by atoms with Crippen molar-refractivity contribution >= 4 is 0 Å². The minimum absolute atomic E-state index is 0.00293. The summed E-state index contributed by atoms with van der Waals surface area (Å²) in [5.41, 5.74) is 13.1. The second-order valence-corrected chi connectivity index (χ2v) is 15.3. The molecule has 2 nitrogen and oxygen atoms in total. The summed E-state index contributed by atoms with van der Waals surface area (Å²) < 4.78 is 11.9. The average molecular weight is 557 g/mol. The van der Waals surface area contributed by atoms with E-state index in [0.717, 1.165) is 11.5 Å². The fraction of sp³-hybridized carbons (Fsp3) is 0.538. The van der Waals surface area contributed by atoms with Crippen molar-refractivity contribution in [2.24, 2.45) is 0 Å². The highest BCUT2D eigenvalue weighted by molar-refractivity contribution is 5.55. The summed E-state index contributed by atoms with van der Waals surface area (Å²) >= 11 is 0. The van der Waals surface area contributed by atoms with Gasteiger partial charge in [0.15, 0.2) is 0 Å². The predicted octanol–water partition coefficient (Wildman–Crippen LogP) is 10.8. The van der Waals surface area contributed by atoms with Gasteiger partial charge in [0.1, 0.15) is 11.5 Å². The fourth-order valence-corrected chi connectivity index (χ4v) is 6.29. The lowest BCUT2D eigenvalue weighted by Crippen LogP contribution is -2.20. The van der Waals surface area contributed by atoms with Crippen molar-refractivity contribution in [3.63, 3.8) is 0 Å². The van der Waals surface area contributed by atoms with E-state index >= 15 is 0 Å². The average Bonchev–Trinajstić information content (AvgIpc) is 2.86. The van der Waals surface area contributed by atoms with Crippen LogP contribution < -0.4 is 9.47 Å². The Morgan fingerprint density at radius 2 is 0.854 bits per heavy atom. The molecule has 3 rings (SSSR count). The summed E-state index contributed by atoms with van der Waals surface area (Å²) in [5.74, 6) is 2.54. The first-order valence-electron chi connectivity index (χ1n) is 15.2. The van der Waals surface area contributed by atoms with Crippen LogP contribution >= 0.6 is 0 Å². The number of hydrogen-bond donors (Lipinski definition) is 0. The molecule has 0 aliphatic carbocycles. The van der Waals surface area contributed by atoms with Crippen LogP contribution in [0, 0.1) is 20.8 Å². The van der Waals surface area contributed by atoms with Crippen molar-refractivity contribution in [2.75, 3.05) is 14.2 Å². The first-order chi connectivity index (χ1) is 18.7. The summed E-state index contributed by atoms with van der Waals surface area (Å²) in [5, 5.41) is 0. The van der Waals surface area contributed by atoms with Crippen LogP contribution in [0.25, 0.3) is 0 Å². The minimum Gasteiger partial charge on any atom is -0.496 e. The third-order valence-electron chi connectivity index (χ3n) is 8.81. The zero-order valence-corrected chi connectivity index (χ0v) is 28.9. The molecule has 0 unspecified atom stereocenters. The normalized spacial score (nSPS) is 14.1. The van der Waals surface area contributed by atoms with Gasteiger partial charge in [0.25, 0.3) is 0 Å². The van der Waals surface area contributed by atoms with E-state index in [1.165, 1.54) is 55.6 Å². The van der Waals surface area contributed by atoms with Gasteiger partial charge in [-0.2, -0.15) is 0 Å². The lowest BCUT2D eigenvalue weighted by Gasteiger charge is -2.31. The van der Waals surface area contributed by atoms with Crippen molar-refractivity contribution in [1.29, 1.82) is 0 Å². The number of hydrogen-bond acceptors (Lipinski definition) is 2. The van der Waals surface area contributed by atoms with Gasteiger partial charge in [0.2, 0.25) is 0 Å². The van der Waals surface area contributed by atoms with Gasteiger partial charge in [-0.25, -0.2) is 0 Å². The maximum Gasteiger partial charge on any atom is 0.126 e. The zero-order chi connectivity index (χ0) is 31.2. The molecule has 0 N–H and O–H groups in total. The summed E-state index contributed by atoms with van der Waals surface area (Å²) in [6.45, 7) is 31.9. The van der Waals surface area contributed by atoms with E-state index in [1.54, 1.807) is 7.11 Å². The number of benzene rings is 3. The summed E-state index contributed by atoms with van der Waals surface area (Å²) in [7, 11) is 3.60. The Labute approximate surface area is 251 Å². The fourth-order valence-electron chi connectivity index (χ4n) is 6.29. The summed E-state index contributed by atoms with van der Waals surface area (Å²) in [6.07, 6.45) is 0. The van der Waals surface area contributed by atoms with Gasteiger partial charge in [-0.3, -0.25) is 0 Å². The Bertz CT molecular complexity index is 1370. The Morgan fingerprint density at radius 3 is 1.20 bits per heavy atom. The molecule has 0 heterocycles. The highest BCUT2D eigenvalue weighted by atomic mass is 16.5. The molecule has 0 aliphatic rings. The van der Waals surface area contributed by atoms with E-state index in [9.17, 15) is 0 Å². The highest BCUT2D eigenvalue weighted by Gasteiger charge is 2.30. The largest absolute Gasteiger partial charge is 0.496 e. The van der Waals surface area contributed by atoms with E-state index in [4.69, 9.17) is 9.47 Å². The lowest BCUT2D eigenvalue weighted by molar-refractivity contribution is 0.381. The lowest BCUT2D eigenvalue weighted by atomic mass is 9.75. The molecule has 224 valence electrons. The van der Waals surface area contributed by atoms with Gasteiger partial charge < -0.3 is 9.47 Å². The minimum atomic E-state index is -0.0284. The van der Waals surface area contributed by atoms with Crippen molar-refractivity contribution in [3.05, 3.63) is 92.0 Å². The molecule has 2 atom stereocenters. The van der Waals surface area contributed by atoms with Crippen LogP contribution in [0.1, 0.15) is 144 Å². The SMILES string of the molecule is COc1c(C)cc([C@@H](C)c2cc(C)cc([C@H](C)c3cc(C(C)(C)C)c(OC)c(C(C)(C)C)c3)c2C)cc1C(C)(C)C. The summed E-state index contributed by atoms with van der Waals surface area (Å²) in [4.78, 5) is 0. The molecular weight excluding hydrogens is 500 g/mol. The monoisotopic (exact) mass is 556 g/mol. The van der Waals surface area contributed by atoms with Crippen LogP contribution in [0.4, 0.5) is 0 Å². The Balaban J connectivity index is 2.23. The van der Waals surface area contributed by atoms with E-state index < -0.39 is 0 Å². The first-order valence-corrected chi connectivity index (χ1v) is 15.2. The molecule has 0 saturated carbocycles. The van der Waals surface area contributed by atoms with Gasteiger partial charge >= 0.3 is 0 Å². The molecule has 2 heteroatoms. The molecule has 0 fully saturated rings. The molecule has 0 aliphatic heterocycles. The third-order valence-corrected chi connectivity index (χ3v) is 8.81. The molecular formula is C39H56O2. The topological polar surface area (TPSA) is 18.5 Å². The van der Waals surface area contributed by atoms with Crippen molar-refractivity contribution in [2.45, 2.75) is 125 Å². The zero-order valence-electron chi connectivity index (χ0n) is 28.9. The molecule has 0 saturated heterocycles. The van der Waals surface area contributed by atoms with Crippen LogP contribution in [0.3, 0.4) is 0 Å². The van der Waals surface area contributed by atoms with Crippen molar-refractivity contribution < 1.29 is 9.47 Å². The second kappa shape index (κ2) is 11.5. The number of rotatable bonds is 6. The van der Waals surface area contributed by atoms with Crippen LogP contribution in [0.5, 0.6) is 11.5 Å². The van der Waals surface area contributed by atoms with E-state index in [0.29, 0.717) is 0 Å². The summed E-state index contributed by atoms with van der Waals surface area (Å²) in [6, 6.07) is 14.3. The van der Waals surface area contributed by atoms with Crippen LogP contribution in [-0.4, -0.2) is 14.2 Å². The quantitative estimate of drug-likeness (QED) is 0.301. The van der Waals surface area contributed by atoms with Crippen molar-refractivity contribution in [1.82, 2.24) is 0 Å². The van der Waals surface area contributed by atoms with Gasteiger partial charge in [0, 0.05) is 28.5 Å². The maximum atomic E-state index is 6.06. The van der Waals surface area contributed by atoms with Crippen molar-refractivity contribution in [3.8, 4) is 11.5 Å². The Kier molecular flexibility index (Phi) is 9.19. The highest BCUT2D eigenvalue weighted by Crippen LogP contribution is 2.44. The Hall–Kier alpha value is -2.74. The molecule has 0 bridgehead atoms. The van der Waals surface area contributed by atoms with E-state index in [2.05, 4.69) is 133 Å². The standard InChI is InChI=1S/C39H56O2/c1-23-17-30(25(3)28-19-24(2)35(40-15)32(20-28)37(6,7)8)27(5)31(18-23)26(4)29-21-33(38(9,10)11)36(41-16)34(22-29)39(12,13)14/h17-22,25-26H,1-16H3/t25-,26-/m1/s1. The number of ether oxygens (including phenoxy) is 2. The molecule has 0 amide bonds. The molecule has 3 aromatic carbocycles. The van der Waals surface area contributed by atoms with Gasteiger partial charge in [-0.15, -0.1) is 0 Å². The Morgan fingerprint density at radius 1 is 0.512 bits per heavy atom. The van der Waals surface area contributed by atoms with Gasteiger partial charge in [0.05, 0.1) is 14.2 Å². The van der Waals surface area contributed by atoms with E-state index in [1.807, 2.05) is 7.11 Å². The van der Waals surface area contributed by atoms with Crippen LogP contribution in [0.2, 0.25) is 0 Å². The van der Waals surface area contributed by atoms with E-state index in [-0.39, 0.29) is 28.1 Å². The predicted molar refractivity (Wildman–Crippen MR) is 178 cm³/mol. The van der Waals surface area contributed by atoms with Gasteiger partial charge in [-0.1, -0.05) is 118 Å². The molecule has 0 aromatic heterocycles. The molecule has 3 aromatic rings. The maximum absolute atomic E-state index is 6.06. The third kappa shape index (κ3) is 6.68. The van der Waals surface area contributed by atoms with Gasteiger partial charge in [-0.05, 0) is 70.4 Å². The smallest absolute Gasteiger partial charge is 0.126 e. The molecule has 41 heavy (non-hydrogen) atoms. The number of methoxy groups -OCH3 is 2. The molecule has 0 spiro atoms. The van der Waals surface area contributed by atoms with Crippen LogP contribution in [-0.2, 0) is 16.2 Å². The number of aryl methyl sites for hydroxylation is 2. The first kappa shape index (κ1) is 32.8. The molecule has 0 radical (unpaired) electrons.